The van der Waals surface area contributed by atoms with E-state index in [9.17, 15) is 22.0 Å². The van der Waals surface area contributed by atoms with Crippen LogP contribution in [-0.4, -0.2) is 54.9 Å². The monoisotopic (exact) mass is 423 g/mol. The van der Waals surface area contributed by atoms with Gasteiger partial charge in [-0.1, -0.05) is 18.2 Å². The molecule has 0 spiro atoms. The topological polar surface area (TPSA) is 75.8 Å². The Morgan fingerprint density at radius 3 is 2.24 bits per heavy atom. The number of halogens is 2. The van der Waals surface area contributed by atoms with Crippen molar-refractivity contribution in [2.75, 3.05) is 32.7 Å². The predicted octanol–water partition coefficient (Wildman–Crippen LogP) is 1.88. The van der Waals surface area contributed by atoms with Gasteiger partial charge in [0.2, 0.25) is 10.0 Å². The van der Waals surface area contributed by atoms with Gasteiger partial charge in [-0.25, -0.2) is 22.0 Å². The van der Waals surface area contributed by atoms with E-state index in [-0.39, 0.29) is 13.1 Å². The normalized spacial score (nSPS) is 16.5. The zero-order valence-electron chi connectivity index (χ0n) is 15.4. The van der Waals surface area contributed by atoms with Gasteiger partial charge in [-0.2, -0.15) is 4.31 Å². The predicted molar refractivity (Wildman–Crippen MR) is 102 cm³/mol. The molecule has 1 saturated heterocycles. The van der Waals surface area contributed by atoms with Crippen LogP contribution in [-0.2, 0) is 16.6 Å². The number of oxazole rings is 1. The van der Waals surface area contributed by atoms with Crippen molar-refractivity contribution in [1.82, 2.24) is 13.8 Å². The molecule has 29 heavy (non-hydrogen) atoms. The van der Waals surface area contributed by atoms with Gasteiger partial charge >= 0.3 is 5.76 Å². The third-order valence-corrected chi connectivity index (χ3v) is 7.01. The number of aromatic nitrogens is 1. The second-order valence-electron chi connectivity index (χ2n) is 6.78. The average Bonchev–Trinajstić information content (AvgIpc) is 3.01. The highest BCUT2D eigenvalue weighted by molar-refractivity contribution is 7.89. The second-order valence-corrected chi connectivity index (χ2v) is 8.66. The first kappa shape index (κ1) is 19.7. The molecule has 1 aromatic heterocycles. The second kappa shape index (κ2) is 7.69. The number of nitrogens with zero attached hydrogens (tertiary/aromatic N) is 3. The summed E-state index contributed by atoms with van der Waals surface area (Å²) in [5.74, 6) is -2.64. The summed E-state index contributed by atoms with van der Waals surface area (Å²) in [6, 6.07) is 10.1. The van der Waals surface area contributed by atoms with E-state index in [0.29, 0.717) is 37.3 Å². The van der Waals surface area contributed by atoms with Gasteiger partial charge in [0.1, 0.15) is 11.6 Å². The largest absolute Gasteiger partial charge is 0.419 e. The molecule has 4 rings (SSSR count). The molecule has 0 atom stereocenters. The van der Waals surface area contributed by atoms with E-state index in [1.165, 1.54) is 4.57 Å². The van der Waals surface area contributed by atoms with Gasteiger partial charge in [-0.3, -0.25) is 9.47 Å². The van der Waals surface area contributed by atoms with E-state index in [4.69, 9.17) is 4.42 Å². The Kier molecular flexibility index (Phi) is 5.24. The van der Waals surface area contributed by atoms with Crippen LogP contribution in [0.15, 0.2) is 56.6 Å². The standard InChI is InChI=1S/C19H19F2N3O4S/c20-14-4-3-5-15(21)18(14)29(26,27)23-11-8-22(9-12-23)10-13-24-16-6-1-2-7-17(16)28-19(24)25/h1-7H,8-13H2. The minimum atomic E-state index is -4.25. The SMILES string of the molecule is O=c1oc2ccccc2n1CCN1CCN(S(=O)(=O)c2c(F)cccc2F)CC1. The molecule has 0 bridgehead atoms. The molecule has 0 aliphatic carbocycles. The summed E-state index contributed by atoms with van der Waals surface area (Å²) in [5.41, 5.74) is 1.22. The zero-order valence-corrected chi connectivity index (χ0v) is 16.2. The Morgan fingerprint density at radius 1 is 0.897 bits per heavy atom. The first-order valence-corrected chi connectivity index (χ1v) is 10.6. The molecule has 10 heteroatoms. The molecule has 154 valence electrons. The average molecular weight is 423 g/mol. The number of rotatable bonds is 5. The molecule has 0 amide bonds. The van der Waals surface area contributed by atoms with E-state index in [2.05, 4.69) is 0 Å². The summed E-state index contributed by atoms with van der Waals surface area (Å²) in [6.07, 6.45) is 0. The molecular weight excluding hydrogens is 404 g/mol. The van der Waals surface area contributed by atoms with Gasteiger partial charge in [-0.05, 0) is 24.3 Å². The van der Waals surface area contributed by atoms with Crippen molar-refractivity contribution in [2.24, 2.45) is 0 Å². The number of hydrogen-bond donors (Lipinski definition) is 0. The molecule has 0 radical (unpaired) electrons. The number of piperazine rings is 1. The molecule has 2 aromatic carbocycles. The van der Waals surface area contributed by atoms with Gasteiger partial charge < -0.3 is 4.42 Å². The number of para-hydroxylation sites is 2. The van der Waals surface area contributed by atoms with Crippen LogP contribution in [0.25, 0.3) is 11.1 Å². The summed E-state index contributed by atoms with van der Waals surface area (Å²) in [4.78, 5) is 13.1. The molecule has 0 saturated carbocycles. The van der Waals surface area contributed by atoms with Crippen LogP contribution >= 0.6 is 0 Å². The Bertz CT molecular complexity index is 1180. The van der Waals surface area contributed by atoms with Crippen molar-refractivity contribution < 1.29 is 21.6 Å². The quantitative estimate of drug-likeness (QED) is 0.627. The van der Waals surface area contributed by atoms with Crippen molar-refractivity contribution in [1.29, 1.82) is 0 Å². The third-order valence-electron chi connectivity index (χ3n) is 5.06. The van der Waals surface area contributed by atoms with Crippen LogP contribution < -0.4 is 5.76 Å². The summed E-state index contributed by atoms with van der Waals surface area (Å²) in [5, 5.41) is 0. The van der Waals surface area contributed by atoms with Crippen LogP contribution in [0.2, 0.25) is 0 Å². The first-order chi connectivity index (χ1) is 13.9. The minimum absolute atomic E-state index is 0.108. The Labute approximate surface area is 165 Å². The fourth-order valence-electron chi connectivity index (χ4n) is 3.52. The molecule has 1 fully saturated rings. The number of sulfonamides is 1. The number of hydrogen-bond acceptors (Lipinski definition) is 5. The molecule has 1 aliphatic rings. The van der Waals surface area contributed by atoms with Crippen molar-refractivity contribution in [2.45, 2.75) is 11.4 Å². The van der Waals surface area contributed by atoms with E-state index >= 15 is 0 Å². The highest BCUT2D eigenvalue weighted by Crippen LogP contribution is 2.23. The maximum absolute atomic E-state index is 13.9. The zero-order chi connectivity index (χ0) is 20.6. The minimum Gasteiger partial charge on any atom is -0.408 e. The van der Waals surface area contributed by atoms with Crippen molar-refractivity contribution in [3.05, 3.63) is 64.6 Å². The summed E-state index contributed by atoms with van der Waals surface area (Å²) in [7, 11) is -4.25. The van der Waals surface area contributed by atoms with Crippen LogP contribution in [0.4, 0.5) is 8.78 Å². The molecule has 3 aromatic rings. The van der Waals surface area contributed by atoms with Crippen LogP contribution in [0, 0.1) is 11.6 Å². The van der Waals surface area contributed by atoms with Gasteiger partial charge in [-0.15, -0.1) is 0 Å². The van der Waals surface area contributed by atoms with Crippen LogP contribution in [0.1, 0.15) is 0 Å². The van der Waals surface area contributed by atoms with Crippen molar-refractivity contribution >= 4 is 21.1 Å². The van der Waals surface area contributed by atoms with E-state index in [1.807, 2.05) is 11.0 Å². The van der Waals surface area contributed by atoms with E-state index in [0.717, 1.165) is 22.5 Å². The highest BCUT2D eigenvalue weighted by atomic mass is 32.2. The van der Waals surface area contributed by atoms with Crippen molar-refractivity contribution in [3.63, 3.8) is 0 Å². The molecule has 2 heterocycles. The van der Waals surface area contributed by atoms with E-state index < -0.39 is 32.3 Å². The Hall–Kier alpha value is -2.56. The Morgan fingerprint density at radius 2 is 1.55 bits per heavy atom. The van der Waals surface area contributed by atoms with Crippen molar-refractivity contribution in [3.8, 4) is 0 Å². The van der Waals surface area contributed by atoms with Gasteiger partial charge in [0.15, 0.2) is 10.5 Å². The lowest BCUT2D eigenvalue weighted by molar-refractivity contribution is 0.182. The summed E-state index contributed by atoms with van der Waals surface area (Å²) >= 11 is 0. The van der Waals surface area contributed by atoms with Gasteiger partial charge in [0.25, 0.3) is 0 Å². The fraction of sp³-hybridized carbons (Fsp3) is 0.316. The third kappa shape index (κ3) is 3.70. The molecule has 7 nitrogen and oxygen atoms in total. The first-order valence-electron chi connectivity index (χ1n) is 9.13. The van der Waals surface area contributed by atoms with E-state index in [1.54, 1.807) is 18.2 Å². The lowest BCUT2D eigenvalue weighted by atomic mass is 10.3. The fourth-order valence-corrected chi connectivity index (χ4v) is 5.05. The van der Waals surface area contributed by atoms with Gasteiger partial charge in [0, 0.05) is 39.3 Å². The summed E-state index contributed by atoms with van der Waals surface area (Å²) in [6.45, 7) is 1.91. The number of benzene rings is 2. The molecule has 0 N–H and O–H groups in total. The smallest absolute Gasteiger partial charge is 0.408 e. The van der Waals surface area contributed by atoms with Crippen LogP contribution in [0.5, 0.6) is 0 Å². The lowest BCUT2D eigenvalue weighted by Crippen LogP contribution is -2.49. The molecule has 0 unspecified atom stereocenters. The number of fused-ring (bicyclic) bond motifs is 1. The van der Waals surface area contributed by atoms with Crippen LogP contribution in [0.3, 0.4) is 0 Å². The Balaban J connectivity index is 1.42. The van der Waals surface area contributed by atoms with Gasteiger partial charge in [0.05, 0.1) is 5.52 Å². The summed E-state index contributed by atoms with van der Waals surface area (Å²) < 4.78 is 61.0. The lowest BCUT2D eigenvalue weighted by Gasteiger charge is -2.34. The highest BCUT2D eigenvalue weighted by Gasteiger charge is 2.33. The molecule has 1 aliphatic heterocycles. The maximum atomic E-state index is 13.9. The molecular formula is C19H19F2N3O4S. The maximum Gasteiger partial charge on any atom is 0.419 e.